The molecule has 1 aromatic carbocycles. The molecule has 23 heavy (non-hydrogen) atoms. The zero-order chi connectivity index (χ0) is 16.2. The van der Waals surface area contributed by atoms with E-state index in [1.807, 2.05) is 18.2 Å². The van der Waals surface area contributed by atoms with Crippen molar-refractivity contribution in [1.82, 2.24) is 4.90 Å². The number of para-hydroxylation sites is 1. The van der Waals surface area contributed by atoms with Crippen LogP contribution in [0.1, 0.15) is 48.9 Å². The number of likely N-dealkylation sites (tertiary alicyclic amines) is 1. The molecule has 2 aliphatic rings. The summed E-state index contributed by atoms with van der Waals surface area (Å²) in [7, 11) is 0. The van der Waals surface area contributed by atoms with Gasteiger partial charge in [-0.05, 0) is 44.2 Å². The first kappa shape index (κ1) is 15.8. The number of ether oxygens (including phenoxy) is 1. The third-order valence-electron chi connectivity index (χ3n) is 4.79. The molecule has 0 unspecified atom stereocenters. The van der Waals surface area contributed by atoms with E-state index in [0.29, 0.717) is 24.3 Å². The monoisotopic (exact) mass is 317 g/mol. The Morgan fingerprint density at radius 3 is 2.52 bits per heavy atom. The van der Waals surface area contributed by atoms with Gasteiger partial charge >= 0.3 is 5.97 Å². The van der Waals surface area contributed by atoms with Crippen molar-refractivity contribution in [2.45, 2.75) is 44.6 Å². The van der Waals surface area contributed by atoms with Gasteiger partial charge in [-0.15, -0.1) is 0 Å². The molecule has 5 heteroatoms. The van der Waals surface area contributed by atoms with E-state index in [-0.39, 0.29) is 18.6 Å². The number of hydrogen-bond donors (Lipinski definition) is 1. The fraction of sp³-hybridized carbons (Fsp3) is 0.556. The smallest absolute Gasteiger partial charge is 0.308 e. The highest BCUT2D eigenvalue weighted by molar-refractivity contribution is 5.97. The summed E-state index contributed by atoms with van der Waals surface area (Å²) in [4.78, 5) is 25.4. The number of aliphatic carboxylic acids is 1. The molecule has 124 valence electrons. The van der Waals surface area contributed by atoms with E-state index in [1.165, 1.54) is 19.3 Å². The van der Waals surface area contributed by atoms with E-state index >= 15 is 0 Å². The lowest BCUT2D eigenvalue weighted by atomic mass is 9.97. The minimum atomic E-state index is -0.827. The van der Waals surface area contributed by atoms with Crippen LogP contribution in [0.15, 0.2) is 24.3 Å². The molecule has 1 saturated heterocycles. The van der Waals surface area contributed by atoms with E-state index in [1.54, 1.807) is 11.0 Å². The maximum absolute atomic E-state index is 12.7. The normalized spacial score (nSPS) is 22.1. The van der Waals surface area contributed by atoms with Crippen molar-refractivity contribution in [1.29, 1.82) is 0 Å². The summed E-state index contributed by atoms with van der Waals surface area (Å²) in [6.45, 7) is 0.777. The van der Waals surface area contributed by atoms with Crippen molar-refractivity contribution in [3.63, 3.8) is 0 Å². The van der Waals surface area contributed by atoms with Gasteiger partial charge in [0, 0.05) is 13.1 Å². The van der Waals surface area contributed by atoms with Crippen LogP contribution in [-0.2, 0) is 4.79 Å². The summed E-state index contributed by atoms with van der Waals surface area (Å²) >= 11 is 0. The zero-order valence-corrected chi connectivity index (χ0v) is 13.2. The Labute approximate surface area is 136 Å². The second kappa shape index (κ2) is 7.02. The second-order valence-corrected chi connectivity index (χ2v) is 6.45. The lowest BCUT2D eigenvalue weighted by Gasteiger charge is -2.25. The summed E-state index contributed by atoms with van der Waals surface area (Å²) in [5.74, 6) is -0.777. The van der Waals surface area contributed by atoms with Crippen LogP contribution >= 0.6 is 0 Å². The summed E-state index contributed by atoms with van der Waals surface area (Å²) in [5, 5.41) is 9.09. The highest BCUT2D eigenvalue weighted by Gasteiger charge is 2.32. The van der Waals surface area contributed by atoms with E-state index in [9.17, 15) is 9.59 Å². The second-order valence-electron chi connectivity index (χ2n) is 6.45. The van der Waals surface area contributed by atoms with E-state index in [4.69, 9.17) is 9.84 Å². The number of hydrogen-bond acceptors (Lipinski definition) is 3. The van der Waals surface area contributed by atoms with Crippen molar-refractivity contribution in [3.05, 3.63) is 29.8 Å². The Morgan fingerprint density at radius 1 is 1.09 bits per heavy atom. The van der Waals surface area contributed by atoms with Gasteiger partial charge in [0.25, 0.3) is 5.91 Å². The summed E-state index contributed by atoms with van der Waals surface area (Å²) in [5.41, 5.74) is 0.545. The largest absolute Gasteiger partial charge is 0.490 e. The molecule has 1 N–H and O–H groups in total. The molecule has 1 saturated carbocycles. The van der Waals surface area contributed by atoms with Crippen LogP contribution < -0.4 is 4.74 Å². The molecule has 1 aliphatic carbocycles. The van der Waals surface area contributed by atoms with E-state index < -0.39 is 11.9 Å². The third kappa shape index (κ3) is 3.66. The quantitative estimate of drug-likeness (QED) is 0.927. The molecule has 2 fully saturated rings. The van der Waals surface area contributed by atoms with Gasteiger partial charge in [-0.25, -0.2) is 0 Å². The topological polar surface area (TPSA) is 66.8 Å². The lowest BCUT2D eigenvalue weighted by molar-refractivity contribution is -0.141. The average molecular weight is 317 g/mol. The lowest BCUT2D eigenvalue weighted by Crippen LogP contribution is -2.31. The van der Waals surface area contributed by atoms with Crippen LogP contribution in [0.4, 0.5) is 0 Å². The van der Waals surface area contributed by atoms with Crippen LogP contribution in [0, 0.1) is 5.92 Å². The van der Waals surface area contributed by atoms with Gasteiger partial charge in [-0.3, -0.25) is 9.59 Å². The standard InChI is InChI=1S/C18H23NO4/c20-17(19-11-10-13(12-19)18(21)22)15-8-4-5-9-16(15)23-14-6-2-1-3-7-14/h4-5,8-9,13-14H,1-3,6-7,10-12H2,(H,21,22)/t13-/m0/s1. The maximum atomic E-state index is 12.7. The number of carbonyl (C=O) groups excluding carboxylic acids is 1. The highest BCUT2D eigenvalue weighted by Crippen LogP contribution is 2.28. The number of carbonyl (C=O) groups is 2. The van der Waals surface area contributed by atoms with Crippen LogP contribution in [0.5, 0.6) is 5.75 Å². The summed E-state index contributed by atoms with van der Waals surface area (Å²) in [6, 6.07) is 7.31. The van der Waals surface area contributed by atoms with Crippen molar-refractivity contribution >= 4 is 11.9 Å². The van der Waals surface area contributed by atoms with E-state index in [2.05, 4.69) is 0 Å². The molecule has 0 bridgehead atoms. The van der Waals surface area contributed by atoms with Crippen molar-refractivity contribution in [3.8, 4) is 5.75 Å². The van der Waals surface area contributed by atoms with Gasteiger partial charge in [0.15, 0.2) is 0 Å². The Morgan fingerprint density at radius 2 is 1.83 bits per heavy atom. The van der Waals surface area contributed by atoms with Gasteiger partial charge in [-0.2, -0.15) is 0 Å². The Kier molecular flexibility index (Phi) is 4.84. The highest BCUT2D eigenvalue weighted by atomic mass is 16.5. The minimum absolute atomic E-state index is 0.125. The molecule has 1 aliphatic heterocycles. The number of carboxylic acids is 1. The van der Waals surface area contributed by atoms with Gasteiger partial charge in [0.2, 0.25) is 0 Å². The van der Waals surface area contributed by atoms with Crippen molar-refractivity contribution < 1.29 is 19.4 Å². The third-order valence-corrected chi connectivity index (χ3v) is 4.79. The van der Waals surface area contributed by atoms with Gasteiger partial charge in [0.05, 0.1) is 17.6 Å². The maximum Gasteiger partial charge on any atom is 0.308 e. The molecular weight excluding hydrogens is 294 g/mol. The first-order chi connectivity index (χ1) is 11.1. The van der Waals surface area contributed by atoms with Crippen LogP contribution in [-0.4, -0.2) is 41.1 Å². The number of benzene rings is 1. The molecule has 0 aromatic heterocycles. The Bertz CT molecular complexity index is 580. The van der Waals surface area contributed by atoms with Crippen LogP contribution in [0.2, 0.25) is 0 Å². The first-order valence-electron chi connectivity index (χ1n) is 8.43. The fourth-order valence-electron chi connectivity index (χ4n) is 3.43. The SMILES string of the molecule is O=C(O)[C@H]1CCN(C(=O)c2ccccc2OC2CCCCC2)C1. The van der Waals surface area contributed by atoms with Gasteiger partial charge in [-0.1, -0.05) is 18.6 Å². The predicted octanol–water partition coefficient (Wildman–Crippen LogP) is 2.94. The molecule has 5 nitrogen and oxygen atoms in total. The Hall–Kier alpha value is -2.04. The summed E-state index contributed by atoms with van der Waals surface area (Å²) in [6.07, 6.45) is 6.38. The molecule has 1 atom stereocenters. The van der Waals surface area contributed by atoms with Crippen molar-refractivity contribution in [2.75, 3.05) is 13.1 Å². The first-order valence-corrected chi connectivity index (χ1v) is 8.43. The predicted molar refractivity (Wildman–Crippen MR) is 85.6 cm³/mol. The molecule has 0 spiro atoms. The number of nitrogens with zero attached hydrogens (tertiary/aromatic N) is 1. The summed E-state index contributed by atoms with van der Waals surface area (Å²) < 4.78 is 6.08. The van der Waals surface area contributed by atoms with Gasteiger partial charge < -0.3 is 14.7 Å². The Balaban J connectivity index is 1.72. The molecule has 1 heterocycles. The zero-order valence-electron chi connectivity index (χ0n) is 13.2. The number of carboxylic acid groups (broad SMARTS) is 1. The average Bonchev–Trinajstić information content (AvgIpc) is 3.06. The molecule has 3 rings (SSSR count). The molecule has 1 aromatic rings. The van der Waals surface area contributed by atoms with Crippen molar-refractivity contribution in [2.24, 2.45) is 5.92 Å². The van der Waals surface area contributed by atoms with Crippen LogP contribution in [0.3, 0.4) is 0 Å². The molecule has 0 radical (unpaired) electrons. The fourth-order valence-corrected chi connectivity index (χ4v) is 3.43. The molecule has 1 amide bonds. The van der Waals surface area contributed by atoms with E-state index in [0.717, 1.165) is 12.8 Å². The van der Waals surface area contributed by atoms with Gasteiger partial charge in [0.1, 0.15) is 5.75 Å². The molecular formula is C18H23NO4. The number of rotatable bonds is 4. The minimum Gasteiger partial charge on any atom is -0.490 e. The number of amides is 1. The van der Waals surface area contributed by atoms with Crippen LogP contribution in [0.25, 0.3) is 0 Å².